The summed E-state index contributed by atoms with van der Waals surface area (Å²) < 4.78 is 5.31. The molecule has 0 heterocycles. The van der Waals surface area contributed by atoms with Gasteiger partial charge in [-0.1, -0.05) is 12.1 Å². The van der Waals surface area contributed by atoms with Gasteiger partial charge in [-0.15, -0.1) is 0 Å². The van der Waals surface area contributed by atoms with Gasteiger partial charge in [-0.05, 0) is 55.3 Å². The number of rotatable bonds is 6. The topological polar surface area (TPSA) is 91.2 Å². The van der Waals surface area contributed by atoms with Crippen LogP contribution < -0.4 is 15.6 Å². The van der Waals surface area contributed by atoms with Crippen molar-refractivity contribution in [3.63, 3.8) is 0 Å². The molecule has 25 heavy (non-hydrogen) atoms. The van der Waals surface area contributed by atoms with Gasteiger partial charge >= 0.3 is 0 Å². The summed E-state index contributed by atoms with van der Waals surface area (Å²) in [5, 5.41) is 8.74. The van der Waals surface area contributed by atoms with Gasteiger partial charge in [0.05, 0.1) is 18.2 Å². The third kappa shape index (κ3) is 5.66. The summed E-state index contributed by atoms with van der Waals surface area (Å²) in [5.74, 6) is 0.00363. The standard InChI is InChI=1S/C19H19N3O3/c1-2-25-17-10-8-16(9-11-17)19(24)22-21-18(23)12-7-14-3-5-15(13-20)6-4-14/h3-6,8-11H,2,7,12H2,1H3,(H,21,23)(H,22,24). The number of nitrogens with one attached hydrogen (secondary N) is 2. The van der Waals surface area contributed by atoms with E-state index in [1.54, 1.807) is 36.4 Å². The zero-order chi connectivity index (χ0) is 18.1. The Bertz CT molecular complexity index is 762. The normalized spacial score (nSPS) is 9.76. The van der Waals surface area contributed by atoms with E-state index in [0.717, 1.165) is 5.56 Å². The van der Waals surface area contributed by atoms with Crippen molar-refractivity contribution in [3.05, 3.63) is 65.2 Å². The molecule has 0 unspecified atom stereocenters. The van der Waals surface area contributed by atoms with Crippen molar-refractivity contribution in [2.75, 3.05) is 6.61 Å². The van der Waals surface area contributed by atoms with Gasteiger partial charge < -0.3 is 4.74 Å². The molecule has 0 aliphatic carbocycles. The van der Waals surface area contributed by atoms with E-state index in [-0.39, 0.29) is 12.3 Å². The fraction of sp³-hybridized carbons (Fsp3) is 0.211. The predicted octanol–water partition coefficient (Wildman–Crippen LogP) is 2.35. The largest absolute Gasteiger partial charge is 0.494 e. The highest BCUT2D eigenvalue weighted by Crippen LogP contribution is 2.11. The van der Waals surface area contributed by atoms with Crippen molar-refractivity contribution in [1.29, 1.82) is 5.26 Å². The van der Waals surface area contributed by atoms with Gasteiger partial charge in [0.1, 0.15) is 5.75 Å². The molecule has 2 rings (SSSR count). The predicted molar refractivity (Wildman–Crippen MR) is 92.7 cm³/mol. The van der Waals surface area contributed by atoms with Crippen LogP contribution in [0.1, 0.15) is 34.8 Å². The summed E-state index contributed by atoms with van der Waals surface area (Å²) in [7, 11) is 0. The first-order valence-corrected chi connectivity index (χ1v) is 7.93. The number of benzene rings is 2. The summed E-state index contributed by atoms with van der Waals surface area (Å²) in [6.45, 7) is 2.44. The van der Waals surface area contributed by atoms with Crippen molar-refractivity contribution in [2.24, 2.45) is 0 Å². The van der Waals surface area contributed by atoms with E-state index in [9.17, 15) is 9.59 Å². The van der Waals surface area contributed by atoms with Crippen LogP contribution >= 0.6 is 0 Å². The monoisotopic (exact) mass is 337 g/mol. The molecule has 0 bridgehead atoms. The van der Waals surface area contributed by atoms with Crippen molar-refractivity contribution in [3.8, 4) is 11.8 Å². The van der Waals surface area contributed by atoms with Crippen LogP contribution in [0.4, 0.5) is 0 Å². The Balaban J connectivity index is 1.76. The SMILES string of the molecule is CCOc1ccc(C(=O)NNC(=O)CCc2ccc(C#N)cc2)cc1. The number of carbonyl (C=O) groups excluding carboxylic acids is 2. The van der Waals surface area contributed by atoms with Crippen LogP contribution in [0.25, 0.3) is 0 Å². The zero-order valence-corrected chi connectivity index (χ0v) is 13.9. The Labute approximate surface area is 146 Å². The minimum Gasteiger partial charge on any atom is -0.494 e. The fourth-order valence-corrected chi connectivity index (χ4v) is 2.13. The second-order valence-electron chi connectivity index (χ2n) is 5.27. The van der Waals surface area contributed by atoms with Crippen LogP contribution in [-0.4, -0.2) is 18.4 Å². The van der Waals surface area contributed by atoms with E-state index >= 15 is 0 Å². The molecule has 0 aliphatic rings. The Kier molecular flexibility index (Phi) is 6.55. The van der Waals surface area contributed by atoms with Gasteiger partial charge in [-0.2, -0.15) is 5.26 Å². The second kappa shape index (κ2) is 9.08. The number of carbonyl (C=O) groups is 2. The number of hydrogen-bond acceptors (Lipinski definition) is 4. The maximum absolute atomic E-state index is 12.0. The maximum atomic E-state index is 12.0. The molecule has 0 spiro atoms. The van der Waals surface area contributed by atoms with Crippen LogP contribution in [0.3, 0.4) is 0 Å². The molecular formula is C19H19N3O3. The number of nitriles is 1. The smallest absolute Gasteiger partial charge is 0.269 e. The molecule has 128 valence electrons. The Morgan fingerprint density at radius 1 is 1.04 bits per heavy atom. The van der Waals surface area contributed by atoms with E-state index in [2.05, 4.69) is 10.9 Å². The maximum Gasteiger partial charge on any atom is 0.269 e. The van der Waals surface area contributed by atoms with Gasteiger partial charge in [-0.3, -0.25) is 20.4 Å². The molecule has 2 aromatic rings. The first-order valence-electron chi connectivity index (χ1n) is 7.93. The average molecular weight is 337 g/mol. The van der Waals surface area contributed by atoms with E-state index < -0.39 is 5.91 Å². The fourth-order valence-electron chi connectivity index (χ4n) is 2.13. The summed E-state index contributed by atoms with van der Waals surface area (Å²) in [4.78, 5) is 23.8. The van der Waals surface area contributed by atoms with Crippen LogP contribution in [0.2, 0.25) is 0 Å². The number of amides is 2. The van der Waals surface area contributed by atoms with E-state index in [1.165, 1.54) is 0 Å². The van der Waals surface area contributed by atoms with E-state index in [1.807, 2.05) is 25.1 Å². The summed E-state index contributed by atoms with van der Waals surface area (Å²) in [5.41, 5.74) is 6.73. The average Bonchev–Trinajstić information content (AvgIpc) is 2.65. The minimum atomic E-state index is -0.394. The molecule has 0 saturated carbocycles. The van der Waals surface area contributed by atoms with Crippen LogP contribution in [0.5, 0.6) is 5.75 Å². The lowest BCUT2D eigenvalue weighted by Gasteiger charge is -2.08. The van der Waals surface area contributed by atoms with Crippen molar-refractivity contribution in [2.45, 2.75) is 19.8 Å². The molecule has 0 aromatic heterocycles. The van der Waals surface area contributed by atoms with Crippen molar-refractivity contribution in [1.82, 2.24) is 10.9 Å². The van der Waals surface area contributed by atoms with Gasteiger partial charge in [0.2, 0.25) is 5.91 Å². The summed E-state index contributed by atoms with van der Waals surface area (Å²) in [6, 6.07) is 15.7. The zero-order valence-electron chi connectivity index (χ0n) is 13.9. The third-order valence-corrected chi connectivity index (χ3v) is 3.47. The van der Waals surface area contributed by atoms with Crippen LogP contribution in [0, 0.1) is 11.3 Å². The van der Waals surface area contributed by atoms with Crippen LogP contribution in [-0.2, 0) is 11.2 Å². The van der Waals surface area contributed by atoms with Gasteiger partial charge in [0, 0.05) is 12.0 Å². The van der Waals surface area contributed by atoms with E-state index in [4.69, 9.17) is 10.00 Å². The number of hydrogen-bond donors (Lipinski definition) is 2. The highest BCUT2D eigenvalue weighted by atomic mass is 16.5. The Morgan fingerprint density at radius 3 is 2.32 bits per heavy atom. The minimum absolute atomic E-state index is 0.232. The molecule has 2 amide bonds. The first kappa shape index (κ1) is 18.0. The van der Waals surface area contributed by atoms with Crippen LogP contribution in [0.15, 0.2) is 48.5 Å². The number of nitrogens with zero attached hydrogens (tertiary/aromatic N) is 1. The first-order chi connectivity index (χ1) is 12.1. The second-order valence-corrected chi connectivity index (χ2v) is 5.27. The lowest BCUT2D eigenvalue weighted by atomic mass is 10.1. The molecule has 0 atom stereocenters. The Morgan fingerprint density at radius 2 is 1.72 bits per heavy atom. The van der Waals surface area contributed by atoms with Gasteiger partial charge in [0.25, 0.3) is 5.91 Å². The third-order valence-electron chi connectivity index (χ3n) is 3.47. The molecule has 2 aromatic carbocycles. The molecule has 0 fully saturated rings. The highest BCUT2D eigenvalue weighted by Gasteiger charge is 2.08. The molecule has 0 radical (unpaired) electrons. The van der Waals surface area contributed by atoms with Crippen molar-refractivity contribution >= 4 is 11.8 Å². The molecular weight excluding hydrogens is 318 g/mol. The molecule has 6 heteroatoms. The number of aryl methyl sites for hydroxylation is 1. The molecule has 0 saturated heterocycles. The molecule has 0 aliphatic heterocycles. The summed E-state index contributed by atoms with van der Waals surface area (Å²) in [6.07, 6.45) is 0.756. The number of hydrazine groups is 1. The quantitative estimate of drug-likeness (QED) is 0.792. The van der Waals surface area contributed by atoms with E-state index in [0.29, 0.717) is 29.9 Å². The highest BCUT2D eigenvalue weighted by molar-refractivity contribution is 5.95. The van der Waals surface area contributed by atoms with Gasteiger partial charge in [0.15, 0.2) is 0 Å². The molecule has 2 N–H and O–H groups in total. The molecule has 6 nitrogen and oxygen atoms in total. The summed E-state index contributed by atoms with van der Waals surface area (Å²) >= 11 is 0. The van der Waals surface area contributed by atoms with Gasteiger partial charge in [-0.25, -0.2) is 0 Å². The number of ether oxygens (including phenoxy) is 1. The van der Waals surface area contributed by atoms with Crippen molar-refractivity contribution < 1.29 is 14.3 Å². The lowest BCUT2D eigenvalue weighted by Crippen LogP contribution is -2.41. The lowest BCUT2D eigenvalue weighted by molar-refractivity contribution is -0.121. The Hall–Kier alpha value is -3.33.